The number of rotatable bonds is 21. The van der Waals surface area contributed by atoms with Crippen LogP contribution in [0.1, 0.15) is 65.2 Å². The predicted molar refractivity (Wildman–Crippen MR) is 170 cm³/mol. The number of anilines is 2. The van der Waals surface area contributed by atoms with Crippen molar-refractivity contribution in [1.82, 2.24) is 9.44 Å². The van der Waals surface area contributed by atoms with E-state index in [9.17, 15) is 26.4 Å². The van der Waals surface area contributed by atoms with Gasteiger partial charge in [0, 0.05) is 0 Å². The second-order valence-electron chi connectivity index (χ2n) is 9.50. The van der Waals surface area contributed by atoms with Crippen LogP contribution in [0.4, 0.5) is 11.4 Å². The van der Waals surface area contributed by atoms with Crippen molar-refractivity contribution < 1.29 is 26.4 Å². The van der Waals surface area contributed by atoms with Gasteiger partial charge in [-0.2, -0.15) is 0 Å². The van der Waals surface area contributed by atoms with Gasteiger partial charge < -0.3 is 0 Å². The SMILES string of the molecule is CCCCNS(=O)(=O)c1ccc(NC(=O)CCC[Se][Se]CCCC(=O)Nc2ccc(S(=O)(=O)NCCCC)cc2)cc1. The molecule has 0 unspecified atom stereocenters. The monoisotopic (exact) mass is 754 g/mol. The molecule has 0 bridgehead atoms. The number of unbranched alkanes of at least 4 members (excludes halogenated alkanes) is 2. The molecule has 0 aromatic heterocycles. The summed E-state index contributed by atoms with van der Waals surface area (Å²) in [5.74, 6) is -0.185. The first kappa shape index (κ1) is 36.4. The fourth-order valence-electron chi connectivity index (χ4n) is 3.52. The summed E-state index contributed by atoms with van der Waals surface area (Å²) in [4.78, 5) is 24.8. The molecule has 0 spiro atoms. The van der Waals surface area contributed by atoms with Crippen LogP contribution in [0.5, 0.6) is 0 Å². The van der Waals surface area contributed by atoms with Gasteiger partial charge in [0.15, 0.2) is 0 Å². The first-order valence-corrected chi connectivity index (χ1v) is 23.8. The van der Waals surface area contributed by atoms with Gasteiger partial charge >= 0.3 is 224 Å². The van der Waals surface area contributed by atoms with Gasteiger partial charge in [-0.25, -0.2) is 0 Å². The number of carbonyl (C=O) groups is 2. The fraction of sp³-hybridized carbons (Fsp3) is 0.500. The van der Waals surface area contributed by atoms with Crippen LogP contribution in [0.3, 0.4) is 0 Å². The summed E-state index contributed by atoms with van der Waals surface area (Å²) >= 11 is 0.911. The molecule has 0 fully saturated rings. The van der Waals surface area contributed by atoms with Crippen molar-refractivity contribution in [3.8, 4) is 0 Å². The molecule has 2 amide bonds. The zero-order valence-electron chi connectivity index (χ0n) is 24.2. The molecule has 0 aliphatic heterocycles. The van der Waals surface area contributed by atoms with E-state index < -0.39 is 20.0 Å². The molecule has 42 heavy (non-hydrogen) atoms. The first-order chi connectivity index (χ1) is 20.1. The zero-order valence-corrected chi connectivity index (χ0v) is 29.2. The third kappa shape index (κ3) is 14.1. The quantitative estimate of drug-likeness (QED) is 0.111. The van der Waals surface area contributed by atoms with Crippen molar-refractivity contribution in [2.24, 2.45) is 0 Å². The number of hydrogen-bond acceptors (Lipinski definition) is 6. The number of carbonyl (C=O) groups excluding carboxylic acids is 2. The van der Waals surface area contributed by atoms with Gasteiger partial charge in [0.25, 0.3) is 0 Å². The standard InChI is InChI=1S/C28H42N4O6S2Se2/c1-3-5-19-29-39(35,36)25-15-11-23(12-16-25)31-27(33)9-7-21-41-42-22-8-10-28(34)32-24-13-17-26(18-14-24)40(37,38)30-20-6-4-2/h11-18,29-30H,3-10,19-22H2,1-2H3,(H,31,33)(H,32,34). The molecule has 4 N–H and O–H groups in total. The van der Waals surface area contributed by atoms with Gasteiger partial charge in [0.1, 0.15) is 0 Å². The minimum absolute atomic E-state index is 0.0926. The molecule has 0 atom stereocenters. The number of sulfonamides is 2. The van der Waals surface area contributed by atoms with E-state index in [4.69, 9.17) is 0 Å². The van der Waals surface area contributed by atoms with E-state index in [-0.39, 0.29) is 21.6 Å². The summed E-state index contributed by atoms with van der Waals surface area (Å²) in [7, 11) is -7.07. The van der Waals surface area contributed by atoms with E-state index in [1.807, 2.05) is 13.8 Å². The van der Waals surface area contributed by atoms with Crippen LogP contribution in [0.25, 0.3) is 0 Å². The number of benzene rings is 2. The average Bonchev–Trinajstić information content (AvgIpc) is 2.95. The maximum atomic E-state index is 12.3. The Bertz CT molecular complexity index is 1220. The van der Waals surface area contributed by atoms with Gasteiger partial charge in [-0.15, -0.1) is 0 Å². The van der Waals surface area contributed by atoms with Crippen molar-refractivity contribution in [3.05, 3.63) is 48.5 Å². The summed E-state index contributed by atoms with van der Waals surface area (Å²) in [6.07, 6.45) is 5.77. The van der Waals surface area contributed by atoms with Crippen molar-refractivity contribution in [2.45, 2.75) is 85.6 Å². The molecular formula is C28H42N4O6S2Se2. The average molecular weight is 753 g/mol. The molecule has 14 heteroatoms. The second-order valence-corrected chi connectivity index (χ2v) is 20.9. The fourth-order valence-corrected chi connectivity index (χ4v) is 12.4. The van der Waals surface area contributed by atoms with Crippen LogP contribution in [0.2, 0.25) is 10.6 Å². The molecule has 2 rings (SSSR count). The van der Waals surface area contributed by atoms with Crippen molar-refractivity contribution in [3.63, 3.8) is 0 Å². The zero-order chi connectivity index (χ0) is 30.8. The van der Waals surface area contributed by atoms with Crippen molar-refractivity contribution in [2.75, 3.05) is 23.7 Å². The van der Waals surface area contributed by atoms with Gasteiger partial charge in [0.05, 0.1) is 0 Å². The molecule has 0 radical (unpaired) electrons. The number of hydrogen-bond donors (Lipinski definition) is 4. The van der Waals surface area contributed by atoms with E-state index in [0.29, 0.717) is 63.6 Å². The molecule has 0 heterocycles. The molecule has 2 aromatic carbocycles. The molecule has 0 saturated heterocycles. The Balaban J connectivity index is 1.56. The minimum atomic E-state index is -3.53. The molecule has 0 aliphatic rings. The topological polar surface area (TPSA) is 151 Å². The van der Waals surface area contributed by atoms with Crippen LogP contribution >= 0.6 is 0 Å². The van der Waals surface area contributed by atoms with E-state index in [1.165, 1.54) is 24.3 Å². The summed E-state index contributed by atoms with van der Waals surface area (Å²) in [5.41, 5.74) is 1.14. The molecule has 0 aliphatic carbocycles. The third-order valence-electron chi connectivity index (χ3n) is 5.89. The van der Waals surface area contributed by atoms with Crippen LogP contribution in [0.15, 0.2) is 58.3 Å². The van der Waals surface area contributed by atoms with Crippen LogP contribution in [0, 0.1) is 0 Å². The van der Waals surface area contributed by atoms with E-state index >= 15 is 0 Å². The summed E-state index contributed by atoms with van der Waals surface area (Å²) in [6, 6.07) is 12.4. The van der Waals surface area contributed by atoms with Gasteiger partial charge in [-0.1, -0.05) is 26.7 Å². The Hall–Kier alpha value is -1.76. The number of amides is 2. The Labute approximate surface area is 261 Å². The second kappa shape index (κ2) is 19.5. The normalized spacial score (nSPS) is 11.8. The molecule has 2 aromatic rings. The summed E-state index contributed by atoms with van der Waals surface area (Å²) in [5, 5.41) is 7.63. The van der Waals surface area contributed by atoms with Crippen molar-refractivity contribution in [1.29, 1.82) is 0 Å². The summed E-state index contributed by atoms with van der Waals surface area (Å²) < 4.78 is 54.1. The van der Waals surface area contributed by atoms with Gasteiger partial charge in [-0.3, -0.25) is 0 Å². The Morgan fingerprint density at radius 2 is 0.952 bits per heavy atom. The van der Waals surface area contributed by atoms with E-state index in [2.05, 4.69) is 20.1 Å². The van der Waals surface area contributed by atoms with Crippen LogP contribution in [-0.4, -0.2) is 68.0 Å². The number of nitrogens with one attached hydrogen (secondary N) is 4. The summed E-state index contributed by atoms with van der Waals surface area (Å²) in [6.45, 7) is 4.79. The molecule has 0 saturated carbocycles. The predicted octanol–water partition coefficient (Wildman–Crippen LogP) is 4.14. The maximum absolute atomic E-state index is 12.3. The first-order valence-electron chi connectivity index (χ1n) is 14.1. The molecule has 234 valence electrons. The van der Waals surface area contributed by atoms with Crippen molar-refractivity contribution >= 4 is 69.5 Å². The van der Waals surface area contributed by atoms with E-state index in [1.54, 1.807) is 24.3 Å². The Morgan fingerprint density at radius 3 is 1.29 bits per heavy atom. The Kier molecular flexibility index (Phi) is 16.9. The van der Waals surface area contributed by atoms with Crippen LogP contribution < -0.4 is 20.1 Å². The van der Waals surface area contributed by atoms with Crippen LogP contribution in [-0.2, 0) is 29.6 Å². The van der Waals surface area contributed by atoms with Gasteiger partial charge in [-0.05, 0) is 12.8 Å². The van der Waals surface area contributed by atoms with E-state index in [0.717, 1.165) is 49.2 Å². The Morgan fingerprint density at radius 1 is 0.595 bits per heavy atom. The molecule has 10 nitrogen and oxygen atoms in total. The third-order valence-corrected chi connectivity index (χ3v) is 16.6. The molecular weight excluding hydrogens is 710 g/mol. The van der Waals surface area contributed by atoms with Gasteiger partial charge in [0.2, 0.25) is 0 Å².